The molecule has 0 atom stereocenters. The predicted molar refractivity (Wildman–Crippen MR) is 88.3 cm³/mol. The van der Waals surface area contributed by atoms with Gasteiger partial charge >= 0.3 is 0 Å². The van der Waals surface area contributed by atoms with Gasteiger partial charge in [0, 0.05) is 6.61 Å². The Morgan fingerprint density at radius 2 is 1.86 bits per heavy atom. The number of ether oxygens (including phenoxy) is 3. The van der Waals surface area contributed by atoms with E-state index in [4.69, 9.17) is 14.2 Å². The van der Waals surface area contributed by atoms with E-state index in [-0.39, 0.29) is 0 Å². The summed E-state index contributed by atoms with van der Waals surface area (Å²) >= 11 is 2.04. The highest BCUT2D eigenvalue weighted by Gasteiger charge is 2.12. The monoisotopic (exact) mass is 310 g/mol. The normalized spacial score (nSPS) is 12.8. The van der Waals surface area contributed by atoms with Crippen LogP contribution in [0.5, 0.6) is 11.5 Å². The lowest BCUT2D eigenvalue weighted by molar-refractivity contribution is 0.116. The molecule has 0 radical (unpaired) electrons. The number of fused-ring (bicyclic) bond motifs is 1. The van der Waals surface area contributed by atoms with E-state index in [1.165, 1.54) is 37.2 Å². The first-order valence-electron chi connectivity index (χ1n) is 7.94. The summed E-state index contributed by atoms with van der Waals surface area (Å²) in [6, 6.07) is 6.00. The minimum atomic E-state index is 0.330. The number of thioether (sulfide) groups is 1. The molecule has 0 saturated carbocycles. The Bertz CT molecular complexity index is 409. The third kappa shape index (κ3) is 6.18. The van der Waals surface area contributed by atoms with Crippen LogP contribution in [0.1, 0.15) is 44.6 Å². The van der Waals surface area contributed by atoms with Crippen molar-refractivity contribution >= 4 is 11.8 Å². The molecule has 0 aromatic heterocycles. The van der Waals surface area contributed by atoms with E-state index in [9.17, 15) is 0 Å². The molecule has 0 bridgehead atoms. The van der Waals surface area contributed by atoms with Crippen molar-refractivity contribution in [3.05, 3.63) is 23.8 Å². The Balaban J connectivity index is 1.47. The van der Waals surface area contributed by atoms with Gasteiger partial charge < -0.3 is 14.2 Å². The largest absolute Gasteiger partial charge is 0.454 e. The molecule has 2 rings (SSSR count). The molecule has 1 aromatic rings. The van der Waals surface area contributed by atoms with Crippen molar-refractivity contribution in [2.45, 2.75) is 45.6 Å². The third-order valence-electron chi connectivity index (χ3n) is 3.49. The standard InChI is InChI=1S/C17H26O3S/c1-2-21-11-7-5-3-4-6-10-18-13-15-8-9-16-17(12-15)20-14-19-16/h8-9,12H,2-7,10-11,13-14H2,1H3. The summed E-state index contributed by atoms with van der Waals surface area (Å²) in [6.07, 6.45) is 6.48. The van der Waals surface area contributed by atoms with Crippen LogP contribution < -0.4 is 9.47 Å². The zero-order valence-corrected chi connectivity index (χ0v) is 13.8. The maximum Gasteiger partial charge on any atom is 0.231 e. The molecule has 1 aliphatic heterocycles. The fourth-order valence-corrected chi connectivity index (χ4v) is 3.00. The lowest BCUT2D eigenvalue weighted by Gasteiger charge is -2.05. The second kappa shape index (κ2) is 9.96. The topological polar surface area (TPSA) is 27.7 Å². The first kappa shape index (κ1) is 16.5. The van der Waals surface area contributed by atoms with E-state index in [0.29, 0.717) is 13.4 Å². The summed E-state index contributed by atoms with van der Waals surface area (Å²) in [6.45, 7) is 4.06. The molecular weight excluding hydrogens is 284 g/mol. The fraction of sp³-hybridized carbons (Fsp3) is 0.647. The van der Waals surface area contributed by atoms with Gasteiger partial charge in [-0.3, -0.25) is 0 Å². The van der Waals surface area contributed by atoms with E-state index in [1.807, 2.05) is 30.0 Å². The van der Waals surface area contributed by atoms with Crippen molar-refractivity contribution in [1.82, 2.24) is 0 Å². The molecule has 1 heterocycles. The maximum atomic E-state index is 5.72. The van der Waals surface area contributed by atoms with E-state index < -0.39 is 0 Å². The molecule has 0 aliphatic carbocycles. The molecule has 0 amide bonds. The lowest BCUT2D eigenvalue weighted by Crippen LogP contribution is -1.96. The summed E-state index contributed by atoms with van der Waals surface area (Å²) in [5.74, 6) is 4.23. The van der Waals surface area contributed by atoms with Crippen LogP contribution in [-0.2, 0) is 11.3 Å². The molecule has 118 valence electrons. The summed E-state index contributed by atoms with van der Waals surface area (Å²) in [5, 5.41) is 0. The van der Waals surface area contributed by atoms with Crippen molar-refractivity contribution in [2.24, 2.45) is 0 Å². The quantitative estimate of drug-likeness (QED) is 0.557. The molecule has 1 aliphatic rings. The summed E-state index contributed by atoms with van der Waals surface area (Å²) < 4.78 is 16.4. The predicted octanol–water partition coefficient (Wildman–Crippen LogP) is 4.64. The van der Waals surface area contributed by atoms with Gasteiger partial charge in [-0.25, -0.2) is 0 Å². The number of unbranched alkanes of at least 4 members (excludes halogenated alkanes) is 4. The zero-order valence-electron chi connectivity index (χ0n) is 12.9. The van der Waals surface area contributed by atoms with Crippen LogP contribution in [0.4, 0.5) is 0 Å². The summed E-state index contributed by atoms with van der Waals surface area (Å²) in [4.78, 5) is 0. The van der Waals surface area contributed by atoms with Gasteiger partial charge in [-0.2, -0.15) is 11.8 Å². The number of hydrogen-bond acceptors (Lipinski definition) is 4. The Kier molecular flexibility index (Phi) is 7.82. The van der Waals surface area contributed by atoms with Gasteiger partial charge in [0.2, 0.25) is 6.79 Å². The van der Waals surface area contributed by atoms with Crippen LogP contribution in [0.25, 0.3) is 0 Å². The molecule has 3 nitrogen and oxygen atoms in total. The molecule has 1 aromatic carbocycles. The van der Waals surface area contributed by atoms with Gasteiger partial charge in [-0.1, -0.05) is 32.3 Å². The summed E-state index contributed by atoms with van der Waals surface area (Å²) in [7, 11) is 0. The fourth-order valence-electron chi connectivity index (χ4n) is 2.30. The van der Waals surface area contributed by atoms with Crippen LogP contribution in [0.15, 0.2) is 18.2 Å². The average molecular weight is 310 g/mol. The van der Waals surface area contributed by atoms with E-state index in [0.717, 1.165) is 30.1 Å². The van der Waals surface area contributed by atoms with E-state index >= 15 is 0 Å². The van der Waals surface area contributed by atoms with Crippen LogP contribution in [-0.4, -0.2) is 24.9 Å². The second-order valence-corrected chi connectivity index (χ2v) is 6.60. The lowest BCUT2D eigenvalue weighted by atomic mass is 10.2. The van der Waals surface area contributed by atoms with Crippen LogP contribution in [0.2, 0.25) is 0 Å². The van der Waals surface area contributed by atoms with Crippen molar-refractivity contribution in [3.63, 3.8) is 0 Å². The first-order chi connectivity index (χ1) is 10.4. The average Bonchev–Trinajstić information content (AvgIpc) is 2.97. The van der Waals surface area contributed by atoms with Gasteiger partial charge in [-0.15, -0.1) is 0 Å². The smallest absolute Gasteiger partial charge is 0.231 e. The second-order valence-electron chi connectivity index (χ2n) is 5.20. The molecule has 4 heteroatoms. The van der Waals surface area contributed by atoms with Crippen molar-refractivity contribution in [3.8, 4) is 11.5 Å². The number of rotatable bonds is 11. The number of benzene rings is 1. The number of hydrogen-bond donors (Lipinski definition) is 0. The van der Waals surface area contributed by atoms with Gasteiger partial charge in [0.1, 0.15) is 0 Å². The molecule has 0 saturated heterocycles. The molecule has 0 N–H and O–H groups in total. The van der Waals surface area contributed by atoms with Crippen molar-refractivity contribution < 1.29 is 14.2 Å². The Morgan fingerprint density at radius 1 is 1.05 bits per heavy atom. The molecule has 0 spiro atoms. The minimum absolute atomic E-state index is 0.330. The summed E-state index contributed by atoms with van der Waals surface area (Å²) in [5.41, 5.74) is 1.15. The van der Waals surface area contributed by atoms with Crippen LogP contribution in [0.3, 0.4) is 0 Å². The van der Waals surface area contributed by atoms with Crippen LogP contribution >= 0.6 is 11.8 Å². The molecule has 0 fully saturated rings. The van der Waals surface area contributed by atoms with E-state index in [1.54, 1.807) is 0 Å². The minimum Gasteiger partial charge on any atom is -0.454 e. The van der Waals surface area contributed by atoms with Gasteiger partial charge in [0.25, 0.3) is 0 Å². The first-order valence-corrected chi connectivity index (χ1v) is 9.09. The molecular formula is C17H26O3S. The molecule has 0 unspecified atom stereocenters. The van der Waals surface area contributed by atoms with E-state index in [2.05, 4.69) is 6.92 Å². The SMILES string of the molecule is CCSCCCCCCCOCc1ccc2c(c1)OCO2. The zero-order chi connectivity index (χ0) is 14.8. The van der Waals surface area contributed by atoms with Gasteiger partial charge in [0.05, 0.1) is 6.61 Å². The van der Waals surface area contributed by atoms with Crippen molar-refractivity contribution in [1.29, 1.82) is 0 Å². The maximum absolute atomic E-state index is 5.72. The van der Waals surface area contributed by atoms with Gasteiger partial charge in [0.15, 0.2) is 11.5 Å². The third-order valence-corrected chi connectivity index (χ3v) is 4.47. The Labute approximate surface area is 132 Å². The molecule has 21 heavy (non-hydrogen) atoms. The highest BCUT2D eigenvalue weighted by atomic mass is 32.2. The van der Waals surface area contributed by atoms with Crippen molar-refractivity contribution in [2.75, 3.05) is 24.9 Å². The highest BCUT2D eigenvalue weighted by molar-refractivity contribution is 7.99. The van der Waals surface area contributed by atoms with Gasteiger partial charge in [-0.05, 0) is 42.0 Å². The Hall–Kier alpha value is -0.870. The highest BCUT2D eigenvalue weighted by Crippen LogP contribution is 2.32. The van der Waals surface area contributed by atoms with Crippen LogP contribution in [0, 0.1) is 0 Å². The Morgan fingerprint density at radius 3 is 2.76 bits per heavy atom.